The summed E-state index contributed by atoms with van der Waals surface area (Å²) in [5.41, 5.74) is 12.9. The number of anilines is 3. The molecular formula is C42H48N4O3. The van der Waals surface area contributed by atoms with Gasteiger partial charge in [-0.05, 0) is 72.7 Å². The molecule has 7 heteroatoms. The monoisotopic (exact) mass is 656 g/mol. The van der Waals surface area contributed by atoms with Crippen LogP contribution in [-0.2, 0) is 20.9 Å². The molecule has 1 aliphatic heterocycles. The molecule has 7 nitrogen and oxygen atoms in total. The normalized spacial score (nSPS) is 17.4. The lowest BCUT2D eigenvalue weighted by molar-refractivity contribution is -0.136. The Hall–Kier alpha value is -4.91. The quantitative estimate of drug-likeness (QED) is 0.153. The zero-order valence-corrected chi connectivity index (χ0v) is 28.7. The Bertz CT molecular complexity index is 1750. The molecule has 0 spiro atoms. The molecular weight excluding hydrogens is 608 g/mol. The van der Waals surface area contributed by atoms with Crippen molar-refractivity contribution in [2.75, 3.05) is 16.3 Å². The van der Waals surface area contributed by atoms with Gasteiger partial charge in [0.25, 0.3) is 5.91 Å². The predicted molar refractivity (Wildman–Crippen MR) is 197 cm³/mol. The van der Waals surface area contributed by atoms with Crippen LogP contribution in [0.2, 0.25) is 0 Å². The zero-order chi connectivity index (χ0) is 34.3. The summed E-state index contributed by atoms with van der Waals surface area (Å²) in [5.74, 6) is -1.63. The molecule has 1 unspecified atom stereocenters. The number of carbonyl (C=O) groups is 3. The Morgan fingerprint density at radius 3 is 2.24 bits per heavy atom. The van der Waals surface area contributed by atoms with Crippen LogP contribution >= 0.6 is 0 Å². The first-order valence-corrected chi connectivity index (χ1v) is 17.8. The summed E-state index contributed by atoms with van der Waals surface area (Å²) in [4.78, 5) is 45.9. The van der Waals surface area contributed by atoms with Crippen molar-refractivity contribution in [2.45, 2.75) is 71.4 Å². The van der Waals surface area contributed by atoms with E-state index in [1.807, 2.05) is 66.7 Å². The second-order valence-corrected chi connectivity index (χ2v) is 13.8. The standard InChI is InChI=1S/C42H48N4O3/c1-3-4-18-35(40(43)47)36(26-30-12-10-13-30)41(48)44-37-28-45(34-16-6-5-7-17-34)38-19-8-9-20-39(38)46(42(37)49)27-31-14-11-15-33(25-31)32-23-21-29(2)22-24-32/h5-9,11,14-17,19-25,30,35-37H,3-4,10,12-13,18,26-28H2,1-2H3,(H2,43,47)(H,44,48)/t35-,36+,37?/m0/s1. The molecule has 0 aromatic heterocycles. The van der Waals surface area contributed by atoms with Crippen molar-refractivity contribution in [2.24, 2.45) is 23.5 Å². The molecule has 1 aliphatic carbocycles. The average molecular weight is 657 g/mol. The molecule has 254 valence electrons. The van der Waals surface area contributed by atoms with Gasteiger partial charge < -0.3 is 20.9 Å². The molecule has 0 saturated heterocycles. The van der Waals surface area contributed by atoms with Crippen LogP contribution in [0.4, 0.5) is 17.1 Å². The van der Waals surface area contributed by atoms with E-state index < -0.39 is 23.8 Å². The van der Waals surface area contributed by atoms with Crippen molar-refractivity contribution < 1.29 is 14.4 Å². The number of aryl methyl sites for hydroxylation is 1. The molecule has 3 atom stereocenters. The first-order valence-electron chi connectivity index (χ1n) is 17.8. The maximum Gasteiger partial charge on any atom is 0.251 e. The number of nitrogens with two attached hydrogens (primary N) is 1. The van der Waals surface area contributed by atoms with Gasteiger partial charge in [-0.2, -0.15) is 0 Å². The highest BCUT2D eigenvalue weighted by Gasteiger charge is 2.40. The molecule has 0 radical (unpaired) electrons. The highest BCUT2D eigenvalue weighted by atomic mass is 16.2. The van der Waals surface area contributed by atoms with E-state index in [4.69, 9.17) is 5.73 Å². The fourth-order valence-electron chi connectivity index (χ4n) is 7.27. The average Bonchev–Trinajstić information content (AvgIpc) is 3.20. The SMILES string of the molecule is CCCC[C@H](C(N)=O)[C@@H](CC1CCC1)C(=O)NC1CN(c2ccccc2)c2ccccc2N(Cc2cccc(-c3ccc(C)cc3)c2)C1=O. The summed E-state index contributed by atoms with van der Waals surface area (Å²) in [6, 6.07) is 33.8. The van der Waals surface area contributed by atoms with Gasteiger partial charge in [-0.3, -0.25) is 14.4 Å². The molecule has 0 bridgehead atoms. The van der Waals surface area contributed by atoms with Crippen LogP contribution in [0.1, 0.15) is 63.0 Å². The third kappa shape index (κ3) is 7.88. The summed E-state index contributed by atoms with van der Waals surface area (Å²) in [6.07, 6.45) is 6.16. The van der Waals surface area contributed by atoms with Crippen molar-refractivity contribution in [3.05, 3.63) is 114 Å². The second kappa shape index (κ2) is 15.5. The largest absolute Gasteiger partial charge is 0.369 e. The smallest absolute Gasteiger partial charge is 0.251 e. The lowest BCUT2D eigenvalue weighted by Crippen LogP contribution is -2.54. The third-order valence-corrected chi connectivity index (χ3v) is 10.3. The summed E-state index contributed by atoms with van der Waals surface area (Å²) >= 11 is 0. The van der Waals surface area contributed by atoms with Crippen molar-refractivity contribution >= 4 is 34.8 Å². The van der Waals surface area contributed by atoms with E-state index in [1.165, 1.54) is 5.56 Å². The summed E-state index contributed by atoms with van der Waals surface area (Å²) in [7, 11) is 0. The summed E-state index contributed by atoms with van der Waals surface area (Å²) < 4.78 is 0. The highest BCUT2D eigenvalue weighted by molar-refractivity contribution is 6.04. The van der Waals surface area contributed by atoms with Crippen LogP contribution in [0.25, 0.3) is 11.1 Å². The van der Waals surface area contributed by atoms with E-state index >= 15 is 0 Å². The topological polar surface area (TPSA) is 95.7 Å². The third-order valence-electron chi connectivity index (χ3n) is 10.3. The van der Waals surface area contributed by atoms with Gasteiger partial charge in [0, 0.05) is 17.5 Å². The number of hydrogen-bond acceptors (Lipinski definition) is 4. The Morgan fingerprint density at radius 2 is 1.57 bits per heavy atom. The minimum Gasteiger partial charge on any atom is -0.369 e. The van der Waals surface area contributed by atoms with Gasteiger partial charge in [0.1, 0.15) is 6.04 Å². The van der Waals surface area contributed by atoms with Gasteiger partial charge in [-0.25, -0.2) is 0 Å². The Labute approximate surface area is 290 Å². The van der Waals surface area contributed by atoms with Crippen molar-refractivity contribution in [3.8, 4) is 11.1 Å². The van der Waals surface area contributed by atoms with Gasteiger partial charge in [0.2, 0.25) is 11.8 Å². The van der Waals surface area contributed by atoms with Gasteiger partial charge in [0.15, 0.2) is 0 Å². The first-order chi connectivity index (χ1) is 23.8. The first kappa shape index (κ1) is 34.0. The fraction of sp³-hybridized carbons (Fsp3) is 0.357. The number of nitrogens with zero attached hydrogens (tertiary/aromatic N) is 2. The zero-order valence-electron chi connectivity index (χ0n) is 28.7. The van der Waals surface area contributed by atoms with E-state index in [0.29, 0.717) is 25.3 Å². The van der Waals surface area contributed by atoms with E-state index in [0.717, 1.165) is 65.9 Å². The minimum atomic E-state index is -0.857. The minimum absolute atomic E-state index is 0.188. The van der Waals surface area contributed by atoms with Gasteiger partial charge >= 0.3 is 0 Å². The Morgan fingerprint density at radius 1 is 0.857 bits per heavy atom. The molecule has 3 N–H and O–H groups in total. The van der Waals surface area contributed by atoms with Crippen LogP contribution in [0.15, 0.2) is 103 Å². The molecule has 1 heterocycles. The number of amides is 3. The number of para-hydroxylation sites is 3. The van der Waals surface area contributed by atoms with Crippen molar-refractivity contribution in [1.29, 1.82) is 0 Å². The number of unbranched alkanes of at least 4 members (excludes halogenated alkanes) is 1. The van der Waals surface area contributed by atoms with E-state index in [-0.39, 0.29) is 18.4 Å². The van der Waals surface area contributed by atoms with Gasteiger partial charge in [0.05, 0.1) is 24.5 Å². The van der Waals surface area contributed by atoms with Crippen LogP contribution < -0.4 is 20.9 Å². The number of benzene rings is 4. The second-order valence-electron chi connectivity index (χ2n) is 13.8. The molecule has 4 aromatic rings. The number of hydrogen-bond donors (Lipinski definition) is 2. The number of rotatable bonds is 13. The number of carbonyl (C=O) groups excluding carboxylic acids is 3. The Kier molecular flexibility index (Phi) is 10.8. The lowest BCUT2D eigenvalue weighted by atomic mass is 9.73. The van der Waals surface area contributed by atoms with Crippen molar-refractivity contribution in [3.63, 3.8) is 0 Å². The highest BCUT2D eigenvalue weighted by Crippen LogP contribution is 2.39. The van der Waals surface area contributed by atoms with E-state index in [2.05, 4.69) is 60.5 Å². The van der Waals surface area contributed by atoms with Gasteiger partial charge in [-0.1, -0.05) is 117 Å². The van der Waals surface area contributed by atoms with Crippen LogP contribution in [0.3, 0.4) is 0 Å². The van der Waals surface area contributed by atoms with Crippen molar-refractivity contribution in [1.82, 2.24) is 5.32 Å². The number of nitrogens with one attached hydrogen (secondary N) is 1. The predicted octanol–water partition coefficient (Wildman–Crippen LogP) is 7.93. The molecule has 2 aliphatic rings. The van der Waals surface area contributed by atoms with Crippen LogP contribution in [0.5, 0.6) is 0 Å². The maximum atomic E-state index is 14.8. The van der Waals surface area contributed by atoms with Crippen LogP contribution in [-0.4, -0.2) is 30.3 Å². The molecule has 3 amide bonds. The van der Waals surface area contributed by atoms with Crippen LogP contribution in [0, 0.1) is 24.7 Å². The lowest BCUT2D eigenvalue weighted by Gasteiger charge is -2.34. The molecule has 6 rings (SSSR count). The van der Waals surface area contributed by atoms with E-state index in [1.54, 1.807) is 4.90 Å². The molecule has 1 saturated carbocycles. The summed E-state index contributed by atoms with van der Waals surface area (Å²) in [6.45, 7) is 4.73. The fourth-order valence-corrected chi connectivity index (χ4v) is 7.27. The number of primary amides is 1. The molecule has 49 heavy (non-hydrogen) atoms. The summed E-state index contributed by atoms with van der Waals surface area (Å²) in [5, 5.41) is 3.19. The molecule has 4 aromatic carbocycles. The maximum absolute atomic E-state index is 14.8. The molecule has 1 fully saturated rings. The van der Waals surface area contributed by atoms with E-state index in [9.17, 15) is 14.4 Å². The number of fused-ring (bicyclic) bond motifs is 1. The Balaban J connectivity index is 1.36. The van der Waals surface area contributed by atoms with Gasteiger partial charge in [-0.15, -0.1) is 0 Å².